The summed E-state index contributed by atoms with van der Waals surface area (Å²) >= 11 is 0. The lowest BCUT2D eigenvalue weighted by Gasteiger charge is -2.13. The molecule has 0 saturated heterocycles. The van der Waals surface area contributed by atoms with E-state index in [1.54, 1.807) is 25.5 Å². The summed E-state index contributed by atoms with van der Waals surface area (Å²) in [4.78, 5) is 16.4. The molecule has 1 aromatic carbocycles. The van der Waals surface area contributed by atoms with Gasteiger partial charge in [0.1, 0.15) is 24.1 Å². The Morgan fingerprint density at radius 2 is 2.08 bits per heavy atom. The highest BCUT2D eigenvalue weighted by atomic mass is 16.5. The number of anilines is 1. The molecule has 1 N–H and O–H groups in total. The van der Waals surface area contributed by atoms with Gasteiger partial charge in [-0.15, -0.1) is 5.10 Å². The minimum Gasteiger partial charge on any atom is -0.487 e. The van der Waals surface area contributed by atoms with Crippen molar-refractivity contribution < 1.29 is 9.53 Å². The number of rotatable bonds is 6. The largest absolute Gasteiger partial charge is 0.487 e. The fourth-order valence-electron chi connectivity index (χ4n) is 2.19. The molecule has 7 nitrogen and oxygen atoms in total. The van der Waals surface area contributed by atoms with Gasteiger partial charge in [-0.05, 0) is 37.6 Å². The summed E-state index contributed by atoms with van der Waals surface area (Å²) in [5, 5.41) is 10.9. The quantitative estimate of drug-likeness (QED) is 0.748. The second-order valence-electron chi connectivity index (χ2n) is 5.65. The predicted octanol–water partition coefficient (Wildman–Crippen LogP) is 2.76. The molecule has 1 atom stereocenters. The van der Waals surface area contributed by atoms with Crippen molar-refractivity contribution in [1.29, 1.82) is 0 Å². The van der Waals surface area contributed by atoms with Crippen molar-refractivity contribution in [3.8, 4) is 5.75 Å². The van der Waals surface area contributed by atoms with Gasteiger partial charge in [-0.3, -0.25) is 9.78 Å². The van der Waals surface area contributed by atoms with Gasteiger partial charge in [0.15, 0.2) is 0 Å². The number of hydrogen-bond acceptors (Lipinski definition) is 5. The molecule has 7 heteroatoms. The summed E-state index contributed by atoms with van der Waals surface area (Å²) in [5.41, 5.74) is 2.29. The van der Waals surface area contributed by atoms with Gasteiger partial charge in [-0.2, -0.15) is 0 Å². The van der Waals surface area contributed by atoms with Crippen LogP contribution >= 0.6 is 0 Å². The van der Waals surface area contributed by atoms with E-state index in [-0.39, 0.29) is 5.91 Å². The van der Waals surface area contributed by atoms with Crippen LogP contribution in [0, 0.1) is 6.92 Å². The smallest absolute Gasteiger partial charge is 0.249 e. The number of pyridine rings is 1. The maximum absolute atomic E-state index is 12.4. The number of carbonyl (C=O) groups is 1. The summed E-state index contributed by atoms with van der Waals surface area (Å²) in [5.74, 6) is 0.575. The normalized spacial score (nSPS) is 11.8. The second-order valence-corrected chi connectivity index (χ2v) is 5.65. The van der Waals surface area contributed by atoms with Crippen LogP contribution in [0.15, 0.2) is 55.0 Å². The number of aromatic nitrogens is 4. The monoisotopic (exact) mass is 337 g/mol. The van der Waals surface area contributed by atoms with E-state index < -0.39 is 6.04 Å². The average molecular weight is 337 g/mol. The molecule has 0 radical (unpaired) electrons. The molecule has 0 aliphatic rings. The molecule has 1 unspecified atom stereocenters. The molecule has 128 valence electrons. The standard InChI is InChI=1S/C18H19N5O2/c1-13-8-9-19-10-17(13)20-18(24)14(2)23-11-15(21-22-23)12-25-16-6-4-3-5-7-16/h3-11,14H,12H2,1-2H3,(H,20,24). The van der Waals surface area contributed by atoms with E-state index in [1.165, 1.54) is 4.68 Å². The van der Waals surface area contributed by atoms with E-state index in [0.29, 0.717) is 18.0 Å². The van der Waals surface area contributed by atoms with E-state index in [2.05, 4.69) is 20.6 Å². The van der Waals surface area contributed by atoms with Crippen LogP contribution < -0.4 is 10.1 Å². The van der Waals surface area contributed by atoms with Crippen LogP contribution in [0.3, 0.4) is 0 Å². The Morgan fingerprint density at radius 3 is 2.84 bits per heavy atom. The number of aryl methyl sites for hydroxylation is 1. The zero-order chi connectivity index (χ0) is 17.6. The number of ether oxygens (including phenoxy) is 1. The molecule has 0 saturated carbocycles. The molecule has 0 spiro atoms. The van der Waals surface area contributed by atoms with Crippen molar-refractivity contribution in [2.45, 2.75) is 26.5 Å². The van der Waals surface area contributed by atoms with Gasteiger partial charge in [-0.1, -0.05) is 23.4 Å². The number of benzene rings is 1. The van der Waals surface area contributed by atoms with Crippen molar-refractivity contribution in [2.24, 2.45) is 0 Å². The van der Waals surface area contributed by atoms with Crippen LogP contribution in [0.4, 0.5) is 5.69 Å². The Balaban J connectivity index is 1.61. The van der Waals surface area contributed by atoms with Gasteiger partial charge in [0, 0.05) is 6.20 Å². The lowest BCUT2D eigenvalue weighted by atomic mass is 10.2. The van der Waals surface area contributed by atoms with Crippen molar-refractivity contribution in [2.75, 3.05) is 5.32 Å². The third kappa shape index (κ3) is 4.20. The number of hydrogen-bond donors (Lipinski definition) is 1. The summed E-state index contributed by atoms with van der Waals surface area (Å²) in [7, 11) is 0. The Hall–Kier alpha value is -3.22. The molecule has 0 fully saturated rings. The third-order valence-electron chi connectivity index (χ3n) is 3.76. The number of carbonyl (C=O) groups excluding carboxylic acids is 1. The van der Waals surface area contributed by atoms with Gasteiger partial charge in [0.05, 0.1) is 18.1 Å². The summed E-state index contributed by atoms with van der Waals surface area (Å²) < 4.78 is 7.15. The van der Waals surface area contributed by atoms with E-state index in [4.69, 9.17) is 4.74 Å². The predicted molar refractivity (Wildman–Crippen MR) is 93.1 cm³/mol. The highest BCUT2D eigenvalue weighted by Gasteiger charge is 2.17. The van der Waals surface area contributed by atoms with Crippen LogP contribution in [0.5, 0.6) is 5.75 Å². The minimum atomic E-state index is -0.502. The first-order chi connectivity index (χ1) is 12.1. The summed E-state index contributed by atoms with van der Waals surface area (Å²) in [6.45, 7) is 3.97. The maximum Gasteiger partial charge on any atom is 0.249 e. The zero-order valence-corrected chi connectivity index (χ0v) is 14.1. The first kappa shape index (κ1) is 16.6. The van der Waals surface area contributed by atoms with Crippen molar-refractivity contribution in [3.63, 3.8) is 0 Å². The van der Waals surface area contributed by atoms with E-state index in [0.717, 1.165) is 11.3 Å². The Bertz CT molecular complexity index is 847. The molecular formula is C18H19N5O2. The molecule has 25 heavy (non-hydrogen) atoms. The lowest BCUT2D eigenvalue weighted by molar-refractivity contribution is -0.119. The Labute approximate surface area is 145 Å². The topological polar surface area (TPSA) is 81.9 Å². The molecule has 1 amide bonds. The third-order valence-corrected chi connectivity index (χ3v) is 3.76. The Morgan fingerprint density at radius 1 is 1.28 bits per heavy atom. The first-order valence-electron chi connectivity index (χ1n) is 7.93. The van der Waals surface area contributed by atoms with Crippen molar-refractivity contribution in [1.82, 2.24) is 20.0 Å². The highest BCUT2D eigenvalue weighted by Crippen LogP contribution is 2.15. The molecule has 0 aliphatic heterocycles. The molecule has 2 heterocycles. The summed E-state index contributed by atoms with van der Waals surface area (Å²) in [6, 6.07) is 10.8. The van der Waals surface area contributed by atoms with Crippen LogP contribution in [0.25, 0.3) is 0 Å². The molecule has 3 aromatic rings. The first-order valence-corrected chi connectivity index (χ1v) is 7.93. The van der Waals surface area contributed by atoms with Gasteiger partial charge in [-0.25, -0.2) is 4.68 Å². The van der Waals surface area contributed by atoms with Gasteiger partial charge in [0.25, 0.3) is 0 Å². The SMILES string of the molecule is Cc1ccncc1NC(=O)C(C)n1cc(COc2ccccc2)nn1. The minimum absolute atomic E-state index is 0.184. The Kier molecular flexibility index (Phi) is 5.03. The fraction of sp³-hybridized carbons (Fsp3) is 0.222. The highest BCUT2D eigenvalue weighted by molar-refractivity contribution is 5.93. The second kappa shape index (κ2) is 7.57. The van der Waals surface area contributed by atoms with Crippen molar-refractivity contribution >= 4 is 11.6 Å². The average Bonchev–Trinajstić information content (AvgIpc) is 3.11. The number of para-hydroxylation sites is 1. The molecule has 0 aliphatic carbocycles. The maximum atomic E-state index is 12.4. The van der Waals surface area contributed by atoms with Gasteiger partial charge >= 0.3 is 0 Å². The molecule has 3 rings (SSSR count). The van der Waals surface area contributed by atoms with Gasteiger partial charge in [0.2, 0.25) is 5.91 Å². The summed E-state index contributed by atoms with van der Waals surface area (Å²) in [6.07, 6.45) is 5.02. The molecular weight excluding hydrogens is 318 g/mol. The van der Waals surface area contributed by atoms with E-state index >= 15 is 0 Å². The fourth-order valence-corrected chi connectivity index (χ4v) is 2.19. The molecule has 2 aromatic heterocycles. The van der Waals surface area contributed by atoms with E-state index in [9.17, 15) is 4.79 Å². The van der Waals surface area contributed by atoms with E-state index in [1.807, 2.05) is 43.3 Å². The van der Waals surface area contributed by atoms with Crippen molar-refractivity contribution in [3.05, 3.63) is 66.2 Å². The number of nitrogens with zero attached hydrogens (tertiary/aromatic N) is 4. The van der Waals surface area contributed by atoms with Crippen LogP contribution in [0.2, 0.25) is 0 Å². The lowest BCUT2D eigenvalue weighted by Crippen LogP contribution is -2.24. The van der Waals surface area contributed by atoms with Gasteiger partial charge < -0.3 is 10.1 Å². The number of nitrogens with one attached hydrogen (secondary N) is 1. The zero-order valence-electron chi connectivity index (χ0n) is 14.1. The van der Waals surface area contributed by atoms with Crippen LogP contribution in [0.1, 0.15) is 24.2 Å². The molecule has 0 bridgehead atoms. The number of amides is 1. The van der Waals surface area contributed by atoms with Crippen LogP contribution in [-0.2, 0) is 11.4 Å². The van der Waals surface area contributed by atoms with Crippen LogP contribution in [-0.4, -0.2) is 25.9 Å².